The first-order chi connectivity index (χ1) is 9.15. The molecule has 1 heterocycles. The molecule has 1 N–H and O–H groups in total. The molecule has 1 amide bonds. The van der Waals surface area contributed by atoms with Crippen molar-refractivity contribution in [1.82, 2.24) is 10.2 Å². The van der Waals surface area contributed by atoms with Gasteiger partial charge in [0.15, 0.2) is 0 Å². The maximum Gasteiger partial charge on any atom is 0.225 e. The van der Waals surface area contributed by atoms with Crippen LogP contribution in [0.1, 0.15) is 17.5 Å². The molecule has 1 saturated heterocycles. The Kier molecular flexibility index (Phi) is 4.93. The molecule has 0 spiro atoms. The number of nitrogens with one attached hydrogen (secondary N) is 1. The van der Waals surface area contributed by atoms with Crippen LogP contribution < -0.4 is 5.32 Å². The molecule has 1 aromatic rings. The summed E-state index contributed by atoms with van der Waals surface area (Å²) in [6, 6.07) is 8.25. The summed E-state index contributed by atoms with van der Waals surface area (Å²) in [4.78, 5) is 13.9. The Bertz CT molecular complexity index is 428. The van der Waals surface area contributed by atoms with E-state index in [0.29, 0.717) is 19.6 Å². The van der Waals surface area contributed by atoms with E-state index in [1.807, 2.05) is 13.1 Å². The number of hydrogen-bond acceptors (Lipinski definition) is 3. The van der Waals surface area contributed by atoms with Gasteiger partial charge < -0.3 is 15.0 Å². The second-order valence-corrected chi connectivity index (χ2v) is 5.14. The number of aryl methyl sites for hydroxylation is 1. The second kappa shape index (κ2) is 6.68. The highest BCUT2D eigenvalue weighted by molar-refractivity contribution is 5.76. The van der Waals surface area contributed by atoms with E-state index < -0.39 is 0 Å². The predicted molar refractivity (Wildman–Crippen MR) is 74.9 cm³/mol. The Labute approximate surface area is 114 Å². The average Bonchev–Trinajstić information content (AvgIpc) is 2.40. The molecule has 4 heteroatoms. The minimum absolute atomic E-state index is 0.0150. The minimum Gasteiger partial charge on any atom is -0.375 e. The third-order valence-corrected chi connectivity index (χ3v) is 3.33. The highest BCUT2D eigenvalue weighted by Crippen LogP contribution is 2.09. The molecule has 4 nitrogen and oxygen atoms in total. The normalized spacial score (nSPS) is 19.2. The number of rotatable bonds is 4. The van der Waals surface area contributed by atoms with Gasteiger partial charge in [0, 0.05) is 26.7 Å². The third kappa shape index (κ3) is 4.33. The first-order valence-electron chi connectivity index (χ1n) is 6.77. The Morgan fingerprint density at radius 3 is 3.05 bits per heavy atom. The zero-order valence-electron chi connectivity index (χ0n) is 11.7. The Balaban J connectivity index is 1.84. The summed E-state index contributed by atoms with van der Waals surface area (Å²) in [5, 5.41) is 3.24. The van der Waals surface area contributed by atoms with E-state index in [-0.39, 0.29) is 12.0 Å². The van der Waals surface area contributed by atoms with Gasteiger partial charge in [-0.3, -0.25) is 4.79 Å². The van der Waals surface area contributed by atoms with Crippen molar-refractivity contribution < 1.29 is 9.53 Å². The number of amides is 1. The van der Waals surface area contributed by atoms with E-state index in [9.17, 15) is 4.79 Å². The standard InChI is InChI=1S/C15H22N2O2/c1-12-4-3-5-13(8-12)11-17(2)15(18)9-14-10-16-6-7-19-14/h3-5,8,14,16H,6-7,9-11H2,1-2H3. The molecule has 0 saturated carbocycles. The summed E-state index contributed by atoms with van der Waals surface area (Å²) < 4.78 is 5.56. The van der Waals surface area contributed by atoms with Crippen LogP contribution >= 0.6 is 0 Å². The molecule has 0 bridgehead atoms. The monoisotopic (exact) mass is 262 g/mol. The lowest BCUT2D eigenvalue weighted by Crippen LogP contribution is -2.41. The van der Waals surface area contributed by atoms with Crippen LogP contribution in [0.3, 0.4) is 0 Å². The topological polar surface area (TPSA) is 41.6 Å². The van der Waals surface area contributed by atoms with Crippen LogP contribution in [0.25, 0.3) is 0 Å². The lowest BCUT2D eigenvalue weighted by atomic mass is 10.1. The van der Waals surface area contributed by atoms with Crippen LogP contribution in [-0.4, -0.2) is 43.7 Å². The van der Waals surface area contributed by atoms with Crippen LogP contribution in [-0.2, 0) is 16.1 Å². The molecule has 0 radical (unpaired) electrons. The number of benzene rings is 1. The van der Waals surface area contributed by atoms with Gasteiger partial charge in [0.2, 0.25) is 5.91 Å². The fraction of sp³-hybridized carbons (Fsp3) is 0.533. The van der Waals surface area contributed by atoms with Crippen molar-refractivity contribution in [3.63, 3.8) is 0 Å². The molecule has 104 valence electrons. The molecule has 1 aliphatic rings. The fourth-order valence-electron chi connectivity index (χ4n) is 2.27. The molecular weight excluding hydrogens is 240 g/mol. The molecule has 0 aromatic heterocycles. The Hall–Kier alpha value is -1.39. The largest absolute Gasteiger partial charge is 0.375 e. The Morgan fingerprint density at radius 1 is 1.53 bits per heavy atom. The van der Waals surface area contributed by atoms with E-state index in [1.54, 1.807) is 4.90 Å². The van der Waals surface area contributed by atoms with Crippen molar-refractivity contribution in [3.05, 3.63) is 35.4 Å². The maximum atomic E-state index is 12.1. The highest BCUT2D eigenvalue weighted by Gasteiger charge is 2.19. The van der Waals surface area contributed by atoms with Crippen molar-refractivity contribution in [3.8, 4) is 0 Å². The molecular formula is C15H22N2O2. The first kappa shape index (κ1) is 14.0. The zero-order chi connectivity index (χ0) is 13.7. The maximum absolute atomic E-state index is 12.1. The van der Waals surface area contributed by atoms with Crippen molar-refractivity contribution in [2.45, 2.75) is 26.0 Å². The van der Waals surface area contributed by atoms with E-state index in [0.717, 1.165) is 13.1 Å². The van der Waals surface area contributed by atoms with Gasteiger partial charge in [-0.05, 0) is 12.5 Å². The molecule has 0 aliphatic carbocycles. The van der Waals surface area contributed by atoms with E-state index in [2.05, 4.69) is 30.4 Å². The van der Waals surface area contributed by atoms with Gasteiger partial charge in [-0.15, -0.1) is 0 Å². The van der Waals surface area contributed by atoms with Crippen LogP contribution in [0.15, 0.2) is 24.3 Å². The van der Waals surface area contributed by atoms with Gasteiger partial charge in [0.1, 0.15) is 0 Å². The van der Waals surface area contributed by atoms with Gasteiger partial charge in [-0.1, -0.05) is 29.8 Å². The van der Waals surface area contributed by atoms with Gasteiger partial charge in [0.05, 0.1) is 19.1 Å². The molecule has 2 rings (SSSR count). The van der Waals surface area contributed by atoms with Crippen molar-refractivity contribution in [2.75, 3.05) is 26.7 Å². The number of carbonyl (C=O) groups is 1. The lowest BCUT2D eigenvalue weighted by Gasteiger charge is -2.25. The smallest absolute Gasteiger partial charge is 0.225 e. The van der Waals surface area contributed by atoms with Gasteiger partial charge in [-0.2, -0.15) is 0 Å². The molecule has 1 aliphatic heterocycles. The van der Waals surface area contributed by atoms with Gasteiger partial charge in [-0.25, -0.2) is 0 Å². The zero-order valence-corrected chi connectivity index (χ0v) is 11.7. The summed E-state index contributed by atoms with van der Waals surface area (Å²) in [5.74, 6) is 0.134. The van der Waals surface area contributed by atoms with Crippen LogP contribution in [0.4, 0.5) is 0 Å². The van der Waals surface area contributed by atoms with E-state index in [4.69, 9.17) is 4.74 Å². The SMILES string of the molecule is Cc1cccc(CN(C)C(=O)CC2CNCCO2)c1. The molecule has 1 aromatic carbocycles. The van der Waals surface area contributed by atoms with E-state index >= 15 is 0 Å². The number of nitrogens with zero attached hydrogens (tertiary/aromatic N) is 1. The Morgan fingerprint density at radius 2 is 2.37 bits per heavy atom. The van der Waals surface area contributed by atoms with Crippen LogP contribution in [0, 0.1) is 6.92 Å². The summed E-state index contributed by atoms with van der Waals surface area (Å²) in [6.07, 6.45) is 0.469. The molecule has 1 fully saturated rings. The summed E-state index contributed by atoms with van der Waals surface area (Å²) in [7, 11) is 1.85. The number of ether oxygens (including phenoxy) is 1. The third-order valence-electron chi connectivity index (χ3n) is 3.33. The van der Waals surface area contributed by atoms with Crippen molar-refractivity contribution in [2.24, 2.45) is 0 Å². The summed E-state index contributed by atoms with van der Waals surface area (Å²) in [5.41, 5.74) is 2.39. The van der Waals surface area contributed by atoms with Crippen molar-refractivity contribution >= 4 is 5.91 Å². The van der Waals surface area contributed by atoms with Gasteiger partial charge >= 0.3 is 0 Å². The summed E-state index contributed by atoms with van der Waals surface area (Å²) >= 11 is 0. The van der Waals surface area contributed by atoms with E-state index in [1.165, 1.54) is 11.1 Å². The van der Waals surface area contributed by atoms with Gasteiger partial charge in [0.25, 0.3) is 0 Å². The highest BCUT2D eigenvalue weighted by atomic mass is 16.5. The number of morpholine rings is 1. The fourth-order valence-corrected chi connectivity index (χ4v) is 2.27. The summed E-state index contributed by atoms with van der Waals surface area (Å²) in [6.45, 7) is 5.06. The predicted octanol–water partition coefficient (Wildman–Crippen LogP) is 1.33. The molecule has 1 atom stereocenters. The van der Waals surface area contributed by atoms with Crippen LogP contribution in [0.2, 0.25) is 0 Å². The minimum atomic E-state index is 0.0150. The second-order valence-electron chi connectivity index (χ2n) is 5.14. The lowest BCUT2D eigenvalue weighted by molar-refractivity contribution is -0.133. The van der Waals surface area contributed by atoms with Crippen LogP contribution in [0.5, 0.6) is 0 Å². The number of hydrogen-bond donors (Lipinski definition) is 1. The first-order valence-corrected chi connectivity index (χ1v) is 6.77. The quantitative estimate of drug-likeness (QED) is 0.890. The number of carbonyl (C=O) groups excluding carboxylic acids is 1. The van der Waals surface area contributed by atoms with Crippen molar-refractivity contribution in [1.29, 1.82) is 0 Å². The average molecular weight is 262 g/mol. The molecule has 19 heavy (non-hydrogen) atoms. The molecule has 1 unspecified atom stereocenters.